The summed E-state index contributed by atoms with van der Waals surface area (Å²) in [5.74, 6) is -1.41. The molecule has 0 spiro atoms. The molecule has 0 radical (unpaired) electrons. The molecule has 216 valence electrons. The van der Waals surface area contributed by atoms with Gasteiger partial charge in [0.1, 0.15) is 12.0 Å². The van der Waals surface area contributed by atoms with Crippen LogP contribution in [-0.2, 0) is 22.4 Å². The molecule has 0 aromatic heterocycles. The predicted octanol–water partition coefficient (Wildman–Crippen LogP) is 3.65. The highest BCUT2D eigenvalue weighted by atomic mass is 16.3. The number of aliphatic hydroxyl groups is 3. The topological polar surface area (TPSA) is 139 Å². The molecule has 0 aliphatic heterocycles. The van der Waals surface area contributed by atoms with Gasteiger partial charge in [-0.1, -0.05) is 60.7 Å². The Kier molecular flexibility index (Phi) is 11.9. The van der Waals surface area contributed by atoms with E-state index in [1.165, 1.54) is 24.1 Å². The maximum atomic E-state index is 12.5. The molecule has 0 heterocycles. The van der Waals surface area contributed by atoms with Crippen LogP contribution in [0.3, 0.4) is 0 Å². The van der Waals surface area contributed by atoms with Gasteiger partial charge >= 0.3 is 0 Å². The lowest BCUT2D eigenvalue weighted by molar-refractivity contribution is -0.138. The number of unbranched alkanes of at least 4 members (excludes halogenated alkanes) is 1. The lowest BCUT2D eigenvalue weighted by atomic mass is 9.90. The highest BCUT2D eigenvalue weighted by Gasteiger charge is 2.39. The van der Waals surface area contributed by atoms with Gasteiger partial charge in [-0.25, -0.2) is 0 Å². The van der Waals surface area contributed by atoms with Crippen molar-refractivity contribution in [2.45, 2.75) is 69.8 Å². The zero-order chi connectivity index (χ0) is 29.1. The quantitative estimate of drug-likeness (QED) is 0.105. The van der Waals surface area contributed by atoms with E-state index in [-0.39, 0.29) is 54.3 Å². The van der Waals surface area contributed by atoms with Crippen LogP contribution >= 0.6 is 0 Å². The Morgan fingerprint density at radius 1 is 1.05 bits per heavy atom. The molecule has 5 N–H and O–H groups in total. The van der Waals surface area contributed by atoms with Crippen molar-refractivity contribution in [2.75, 3.05) is 7.05 Å². The summed E-state index contributed by atoms with van der Waals surface area (Å²) in [5, 5.41) is 50.1. The summed E-state index contributed by atoms with van der Waals surface area (Å²) < 4.78 is 0. The summed E-state index contributed by atoms with van der Waals surface area (Å²) in [7, 11) is 1.52. The third-order valence-corrected chi connectivity index (χ3v) is 7.48. The number of hydrogen-bond donors (Lipinski definition) is 5. The minimum atomic E-state index is -1.06. The van der Waals surface area contributed by atoms with Crippen molar-refractivity contribution in [3.05, 3.63) is 84.0 Å². The van der Waals surface area contributed by atoms with E-state index < -0.39 is 18.4 Å². The smallest absolute Gasteiger partial charge is 0.224 e. The molecule has 1 aliphatic carbocycles. The number of aromatic hydroxyl groups is 2. The fraction of sp³-hybridized carbons (Fsp3) is 0.438. The van der Waals surface area contributed by atoms with E-state index >= 15 is 0 Å². The summed E-state index contributed by atoms with van der Waals surface area (Å²) in [5.41, 5.74) is 1.74. The largest absolute Gasteiger partial charge is 0.504 e. The SMILES string of the molecule is CN(C(=O)CCCC=CC[C@H]1C(=O)C[C@@H](O)[C@@H]1C=C[C@@H](O)CCc1ccccc1)C(O)Cc1ccc(O)c(O)c1. The normalized spacial score (nSPS) is 20.8. The van der Waals surface area contributed by atoms with Gasteiger partial charge in [-0.3, -0.25) is 9.59 Å². The first kappa shape index (κ1) is 31.1. The van der Waals surface area contributed by atoms with Crippen LogP contribution in [0.5, 0.6) is 11.5 Å². The zero-order valence-corrected chi connectivity index (χ0v) is 23.0. The molecule has 1 aliphatic rings. The van der Waals surface area contributed by atoms with Crippen molar-refractivity contribution in [3.63, 3.8) is 0 Å². The van der Waals surface area contributed by atoms with Gasteiger partial charge in [-0.15, -0.1) is 0 Å². The van der Waals surface area contributed by atoms with Gasteiger partial charge in [0.2, 0.25) is 5.91 Å². The van der Waals surface area contributed by atoms with E-state index in [1.54, 1.807) is 18.2 Å². The predicted molar refractivity (Wildman–Crippen MR) is 152 cm³/mol. The number of rotatable bonds is 14. The number of allylic oxidation sites excluding steroid dienone is 2. The monoisotopic (exact) mass is 551 g/mol. The average molecular weight is 552 g/mol. The van der Waals surface area contributed by atoms with Gasteiger partial charge in [0.25, 0.3) is 0 Å². The van der Waals surface area contributed by atoms with Gasteiger partial charge in [-0.05, 0) is 55.4 Å². The lowest BCUT2D eigenvalue weighted by Crippen LogP contribution is -2.38. The molecule has 5 atom stereocenters. The van der Waals surface area contributed by atoms with E-state index in [2.05, 4.69) is 0 Å². The maximum Gasteiger partial charge on any atom is 0.224 e. The minimum absolute atomic E-state index is 0.0123. The first-order valence-electron chi connectivity index (χ1n) is 13.9. The van der Waals surface area contributed by atoms with Crippen LogP contribution in [-0.4, -0.2) is 67.6 Å². The first-order chi connectivity index (χ1) is 19.2. The second-order valence-corrected chi connectivity index (χ2v) is 10.5. The molecule has 0 bridgehead atoms. The van der Waals surface area contributed by atoms with Crippen LogP contribution in [0.25, 0.3) is 0 Å². The molecule has 1 unspecified atom stereocenters. The Bertz CT molecular complexity index is 1160. The third-order valence-electron chi connectivity index (χ3n) is 7.48. The standard InChI is InChI=1S/C32H41NO7/c1-33(32(40)20-23-14-18-27(35)30(38)19-23)31(39)12-8-3-2-7-11-25-26(29(37)21-28(25)36)17-16-24(34)15-13-22-9-5-4-6-10-22/h2,4-7,9-10,14,16-19,24-26,29,32,34-35,37-38,40H,3,8,11-13,15,20-21H2,1H3/t24-,25+,26+,29+,32?/m0/s1. The Morgan fingerprint density at radius 3 is 2.52 bits per heavy atom. The average Bonchev–Trinajstić information content (AvgIpc) is 3.21. The fourth-order valence-electron chi connectivity index (χ4n) is 4.96. The Morgan fingerprint density at radius 2 is 1.80 bits per heavy atom. The molecule has 8 heteroatoms. The number of benzene rings is 2. The number of hydrogen-bond acceptors (Lipinski definition) is 7. The maximum absolute atomic E-state index is 12.5. The van der Waals surface area contributed by atoms with E-state index in [0.717, 1.165) is 12.0 Å². The van der Waals surface area contributed by atoms with Crippen molar-refractivity contribution < 1.29 is 35.1 Å². The molecule has 0 saturated heterocycles. The fourth-order valence-corrected chi connectivity index (χ4v) is 4.96. The van der Waals surface area contributed by atoms with Crippen LogP contribution in [0, 0.1) is 11.8 Å². The zero-order valence-electron chi connectivity index (χ0n) is 23.0. The van der Waals surface area contributed by atoms with Crippen LogP contribution in [0.15, 0.2) is 72.8 Å². The number of carbonyl (C=O) groups is 2. The second kappa shape index (κ2) is 15.4. The van der Waals surface area contributed by atoms with E-state index in [0.29, 0.717) is 31.2 Å². The van der Waals surface area contributed by atoms with Crippen molar-refractivity contribution in [3.8, 4) is 11.5 Å². The van der Waals surface area contributed by atoms with E-state index in [4.69, 9.17) is 0 Å². The Labute approximate surface area is 235 Å². The number of aryl methyl sites for hydroxylation is 1. The molecular formula is C32H41NO7. The molecule has 3 rings (SSSR count). The third kappa shape index (κ3) is 9.33. The number of carbonyl (C=O) groups excluding carboxylic acids is 2. The lowest BCUT2D eigenvalue weighted by Gasteiger charge is -2.24. The van der Waals surface area contributed by atoms with Crippen LogP contribution in [0.1, 0.15) is 49.7 Å². The molecule has 1 amide bonds. The number of phenolic OH excluding ortho intramolecular Hbond substituents is 2. The number of Topliss-reactive ketones (excluding diaryl/α,β-unsaturated/α-hetero) is 1. The van der Waals surface area contributed by atoms with Gasteiger partial charge in [-0.2, -0.15) is 0 Å². The second-order valence-electron chi connectivity index (χ2n) is 10.5. The first-order valence-corrected chi connectivity index (χ1v) is 13.9. The van der Waals surface area contributed by atoms with Crippen molar-refractivity contribution in [2.24, 2.45) is 11.8 Å². The van der Waals surface area contributed by atoms with Crippen molar-refractivity contribution >= 4 is 11.7 Å². The number of aliphatic hydroxyl groups excluding tert-OH is 3. The van der Waals surface area contributed by atoms with Crippen LogP contribution in [0.2, 0.25) is 0 Å². The van der Waals surface area contributed by atoms with Gasteiger partial charge < -0.3 is 30.4 Å². The summed E-state index contributed by atoms with van der Waals surface area (Å²) in [6.07, 6.45) is 8.30. The molecule has 2 aromatic rings. The summed E-state index contributed by atoms with van der Waals surface area (Å²) in [6.45, 7) is 0. The molecular weight excluding hydrogens is 510 g/mol. The van der Waals surface area contributed by atoms with Gasteiger partial charge in [0.15, 0.2) is 11.5 Å². The molecule has 8 nitrogen and oxygen atoms in total. The van der Waals surface area contributed by atoms with Crippen molar-refractivity contribution in [1.29, 1.82) is 0 Å². The van der Waals surface area contributed by atoms with E-state index in [9.17, 15) is 35.1 Å². The van der Waals surface area contributed by atoms with E-state index in [1.807, 2.05) is 42.5 Å². The molecule has 1 fully saturated rings. The summed E-state index contributed by atoms with van der Waals surface area (Å²) in [4.78, 5) is 26.2. The number of likely N-dealkylation sites (N-methyl/N-ethyl adjacent to an activating group) is 1. The summed E-state index contributed by atoms with van der Waals surface area (Å²) in [6, 6.07) is 14.2. The molecule has 1 saturated carbocycles. The number of phenols is 2. The minimum Gasteiger partial charge on any atom is -0.504 e. The van der Waals surface area contributed by atoms with Crippen LogP contribution < -0.4 is 0 Å². The highest BCUT2D eigenvalue weighted by molar-refractivity contribution is 5.84. The van der Waals surface area contributed by atoms with Crippen molar-refractivity contribution in [1.82, 2.24) is 4.90 Å². The highest BCUT2D eigenvalue weighted by Crippen LogP contribution is 2.33. The number of ketones is 1. The van der Waals surface area contributed by atoms with Gasteiger partial charge in [0.05, 0.1) is 12.2 Å². The molecule has 2 aromatic carbocycles. The number of nitrogens with zero attached hydrogens (tertiary/aromatic N) is 1. The number of amides is 1. The van der Waals surface area contributed by atoms with Crippen LogP contribution in [0.4, 0.5) is 0 Å². The molecule has 40 heavy (non-hydrogen) atoms. The Hall–Kier alpha value is -3.46. The Balaban J connectivity index is 1.39. The summed E-state index contributed by atoms with van der Waals surface area (Å²) >= 11 is 0. The van der Waals surface area contributed by atoms with Gasteiger partial charge in [0, 0.05) is 38.1 Å².